The second kappa shape index (κ2) is 5.96. The van der Waals surface area contributed by atoms with Crippen molar-refractivity contribution in [3.8, 4) is 0 Å². The van der Waals surface area contributed by atoms with Gasteiger partial charge in [-0.2, -0.15) is 0 Å². The molecule has 1 N–H and O–H groups in total. The molecule has 3 rings (SSSR count). The molecule has 3 aromatic heterocycles. The van der Waals surface area contributed by atoms with Crippen LogP contribution in [0, 0.1) is 4.77 Å². The summed E-state index contributed by atoms with van der Waals surface area (Å²) in [5, 5.41) is 0. The van der Waals surface area contributed by atoms with Gasteiger partial charge in [0.2, 0.25) is 4.77 Å². The van der Waals surface area contributed by atoms with Crippen LogP contribution < -0.4 is 0 Å². The number of pyridine rings is 1. The summed E-state index contributed by atoms with van der Waals surface area (Å²) in [6.45, 7) is 6.98. The monoisotopic (exact) mass is 313 g/mol. The summed E-state index contributed by atoms with van der Waals surface area (Å²) in [6, 6.07) is 3.97. The van der Waals surface area contributed by atoms with Gasteiger partial charge in [-0.3, -0.25) is 9.55 Å². The molecule has 0 aliphatic rings. The van der Waals surface area contributed by atoms with E-state index in [1.807, 2.05) is 16.7 Å². The van der Waals surface area contributed by atoms with Gasteiger partial charge in [0, 0.05) is 18.3 Å². The van der Waals surface area contributed by atoms with Gasteiger partial charge in [-0.1, -0.05) is 20.8 Å². The van der Waals surface area contributed by atoms with E-state index in [0.29, 0.717) is 17.2 Å². The molecule has 5 nitrogen and oxygen atoms in total. The van der Waals surface area contributed by atoms with E-state index < -0.39 is 0 Å². The van der Waals surface area contributed by atoms with Gasteiger partial charge in [-0.05, 0) is 36.3 Å². The van der Waals surface area contributed by atoms with Crippen molar-refractivity contribution < 1.29 is 0 Å². The predicted molar refractivity (Wildman–Crippen MR) is 89.5 cm³/mol. The Morgan fingerprint density at radius 1 is 1.23 bits per heavy atom. The van der Waals surface area contributed by atoms with Gasteiger partial charge in [0.05, 0.1) is 12.2 Å². The molecule has 22 heavy (non-hydrogen) atoms. The summed E-state index contributed by atoms with van der Waals surface area (Å²) in [5.41, 5.74) is 3.99. The first-order valence-corrected chi connectivity index (χ1v) is 7.89. The highest BCUT2D eigenvalue weighted by molar-refractivity contribution is 7.71. The number of hydrogen-bond donors (Lipinski definition) is 1. The SMILES string of the molecule is CCc1nc(=S)n(Cc2ccncc2)c2nc(C(C)C)[nH]c12. The molecule has 0 spiro atoms. The summed E-state index contributed by atoms with van der Waals surface area (Å²) in [5.74, 6) is 1.30. The lowest BCUT2D eigenvalue weighted by Gasteiger charge is -2.09. The summed E-state index contributed by atoms with van der Waals surface area (Å²) in [7, 11) is 0. The molecule has 0 bridgehead atoms. The molecule has 0 aromatic carbocycles. The van der Waals surface area contributed by atoms with Crippen LogP contribution in [0.15, 0.2) is 24.5 Å². The molecular weight excluding hydrogens is 294 g/mol. The first-order chi connectivity index (χ1) is 10.6. The van der Waals surface area contributed by atoms with Crippen molar-refractivity contribution in [3.63, 3.8) is 0 Å². The maximum Gasteiger partial charge on any atom is 0.201 e. The fourth-order valence-electron chi connectivity index (χ4n) is 2.44. The number of fused-ring (bicyclic) bond motifs is 1. The van der Waals surface area contributed by atoms with Crippen LogP contribution in [0.2, 0.25) is 0 Å². The number of nitrogens with zero attached hydrogens (tertiary/aromatic N) is 4. The van der Waals surface area contributed by atoms with E-state index in [4.69, 9.17) is 17.2 Å². The molecule has 0 aliphatic carbocycles. The third kappa shape index (κ3) is 2.66. The Kier molecular flexibility index (Phi) is 4.02. The molecular formula is C16H19N5S. The number of hydrogen-bond acceptors (Lipinski definition) is 4. The van der Waals surface area contributed by atoms with E-state index in [1.54, 1.807) is 12.4 Å². The van der Waals surface area contributed by atoms with E-state index in [1.165, 1.54) is 0 Å². The Morgan fingerprint density at radius 2 is 1.95 bits per heavy atom. The molecule has 0 unspecified atom stereocenters. The summed E-state index contributed by atoms with van der Waals surface area (Å²) >= 11 is 5.49. The number of aromatic nitrogens is 5. The molecule has 0 atom stereocenters. The van der Waals surface area contributed by atoms with Gasteiger partial charge < -0.3 is 4.98 Å². The van der Waals surface area contributed by atoms with Gasteiger partial charge in [-0.15, -0.1) is 0 Å². The molecule has 3 heterocycles. The van der Waals surface area contributed by atoms with Crippen LogP contribution in [-0.2, 0) is 13.0 Å². The number of H-pyrrole nitrogens is 1. The Morgan fingerprint density at radius 3 is 2.59 bits per heavy atom. The standard InChI is InChI=1S/C16H19N5S/c1-4-12-13-15(20-14(19-13)10(2)3)21(16(22)18-12)9-11-5-7-17-8-6-11/h5-8,10H,4,9H2,1-3H3,(H,19,20). The summed E-state index contributed by atoms with van der Waals surface area (Å²) in [6.07, 6.45) is 4.40. The number of nitrogens with one attached hydrogen (secondary N) is 1. The maximum atomic E-state index is 5.49. The summed E-state index contributed by atoms with van der Waals surface area (Å²) < 4.78 is 2.56. The zero-order valence-electron chi connectivity index (χ0n) is 13.0. The maximum absolute atomic E-state index is 5.49. The minimum atomic E-state index is 0.333. The van der Waals surface area contributed by atoms with Gasteiger partial charge in [0.25, 0.3) is 0 Å². The lowest BCUT2D eigenvalue weighted by molar-refractivity contribution is 0.759. The third-order valence-electron chi connectivity index (χ3n) is 3.68. The van der Waals surface area contributed by atoms with E-state index in [2.05, 4.69) is 35.7 Å². The number of rotatable bonds is 4. The molecule has 0 aliphatic heterocycles. The fraction of sp³-hybridized carbons (Fsp3) is 0.375. The molecule has 0 fully saturated rings. The first kappa shape index (κ1) is 14.8. The van der Waals surface area contributed by atoms with Gasteiger partial charge in [0.15, 0.2) is 5.65 Å². The lowest BCUT2D eigenvalue weighted by Crippen LogP contribution is -2.08. The van der Waals surface area contributed by atoms with Crippen LogP contribution in [0.3, 0.4) is 0 Å². The molecule has 0 amide bonds. The van der Waals surface area contributed by atoms with Crippen molar-refractivity contribution in [1.29, 1.82) is 0 Å². The van der Waals surface area contributed by atoms with Crippen molar-refractivity contribution in [2.45, 2.75) is 39.7 Å². The van der Waals surface area contributed by atoms with Crippen LogP contribution in [0.25, 0.3) is 11.2 Å². The van der Waals surface area contributed by atoms with Crippen molar-refractivity contribution in [3.05, 3.63) is 46.4 Å². The van der Waals surface area contributed by atoms with Gasteiger partial charge in [-0.25, -0.2) is 9.97 Å². The Hall–Kier alpha value is -2.08. The topological polar surface area (TPSA) is 59.4 Å². The first-order valence-electron chi connectivity index (χ1n) is 7.48. The average Bonchev–Trinajstić information content (AvgIpc) is 2.96. The largest absolute Gasteiger partial charge is 0.339 e. The Balaban J connectivity index is 2.20. The van der Waals surface area contributed by atoms with E-state index in [9.17, 15) is 0 Å². The number of aromatic amines is 1. The molecule has 114 valence electrons. The molecule has 3 aromatic rings. The van der Waals surface area contributed by atoms with Crippen molar-refractivity contribution in [1.82, 2.24) is 24.5 Å². The average molecular weight is 313 g/mol. The second-order valence-electron chi connectivity index (χ2n) is 5.61. The van der Waals surface area contributed by atoms with Crippen LogP contribution in [0.5, 0.6) is 0 Å². The molecule has 6 heteroatoms. The van der Waals surface area contributed by atoms with Crippen LogP contribution >= 0.6 is 12.2 Å². The predicted octanol–water partition coefficient (Wildman–Crippen LogP) is 3.62. The Bertz CT molecular complexity index is 848. The second-order valence-corrected chi connectivity index (χ2v) is 5.98. The van der Waals surface area contributed by atoms with Crippen molar-refractivity contribution in [2.75, 3.05) is 0 Å². The quantitative estimate of drug-likeness (QED) is 0.747. The highest BCUT2D eigenvalue weighted by Crippen LogP contribution is 2.21. The minimum absolute atomic E-state index is 0.333. The smallest absolute Gasteiger partial charge is 0.201 e. The number of imidazole rings is 1. The van der Waals surface area contributed by atoms with Gasteiger partial charge in [0.1, 0.15) is 11.3 Å². The minimum Gasteiger partial charge on any atom is -0.339 e. The normalized spacial score (nSPS) is 11.5. The van der Waals surface area contributed by atoms with E-state index >= 15 is 0 Å². The van der Waals surface area contributed by atoms with E-state index in [-0.39, 0.29) is 0 Å². The highest BCUT2D eigenvalue weighted by Gasteiger charge is 2.14. The fourth-order valence-corrected chi connectivity index (χ4v) is 2.70. The van der Waals surface area contributed by atoms with Crippen LogP contribution in [0.4, 0.5) is 0 Å². The molecule has 0 radical (unpaired) electrons. The number of aryl methyl sites for hydroxylation is 1. The van der Waals surface area contributed by atoms with Crippen LogP contribution in [-0.4, -0.2) is 24.5 Å². The van der Waals surface area contributed by atoms with E-state index in [0.717, 1.165) is 34.7 Å². The van der Waals surface area contributed by atoms with Gasteiger partial charge >= 0.3 is 0 Å². The molecule has 0 saturated carbocycles. The van der Waals surface area contributed by atoms with Crippen LogP contribution in [0.1, 0.15) is 43.8 Å². The Labute approximate surface area is 134 Å². The highest BCUT2D eigenvalue weighted by atomic mass is 32.1. The zero-order valence-corrected chi connectivity index (χ0v) is 13.8. The third-order valence-corrected chi connectivity index (χ3v) is 3.99. The van der Waals surface area contributed by atoms with Crippen molar-refractivity contribution in [2.24, 2.45) is 0 Å². The zero-order chi connectivity index (χ0) is 15.7. The van der Waals surface area contributed by atoms with Crippen molar-refractivity contribution >= 4 is 23.4 Å². The molecule has 0 saturated heterocycles. The lowest BCUT2D eigenvalue weighted by atomic mass is 10.2. The summed E-state index contributed by atoms with van der Waals surface area (Å²) in [4.78, 5) is 16.8.